The van der Waals surface area contributed by atoms with Gasteiger partial charge in [0.1, 0.15) is 17.1 Å². The molecular formula is C25H25F4N7O2. The van der Waals surface area contributed by atoms with E-state index >= 15 is 4.39 Å². The van der Waals surface area contributed by atoms with Crippen LogP contribution in [0.15, 0.2) is 48.8 Å². The van der Waals surface area contributed by atoms with Crippen LogP contribution >= 0.6 is 0 Å². The summed E-state index contributed by atoms with van der Waals surface area (Å²) in [5, 5.41) is 14.8. The molecule has 4 aromatic rings. The summed E-state index contributed by atoms with van der Waals surface area (Å²) in [5.41, 5.74) is -1.22. The molecule has 0 radical (unpaired) electrons. The first kappa shape index (κ1) is 26.8. The van der Waals surface area contributed by atoms with E-state index in [1.807, 2.05) is 19.0 Å². The molecule has 0 aliphatic carbocycles. The molecule has 13 heteroatoms. The number of hydrogen-bond acceptors (Lipinski definition) is 7. The summed E-state index contributed by atoms with van der Waals surface area (Å²) in [6.45, 7) is 0.974. The molecule has 0 fully saturated rings. The quantitative estimate of drug-likeness (QED) is 0.184. The van der Waals surface area contributed by atoms with E-state index in [4.69, 9.17) is 0 Å². The number of para-hydroxylation sites is 1. The first-order valence-electron chi connectivity index (χ1n) is 11.5. The molecule has 1 N–H and O–H groups in total. The van der Waals surface area contributed by atoms with Crippen molar-refractivity contribution in [3.63, 3.8) is 0 Å². The Morgan fingerprint density at radius 2 is 1.84 bits per heavy atom. The van der Waals surface area contributed by atoms with Crippen molar-refractivity contribution < 1.29 is 22.5 Å². The molecular weight excluding hydrogens is 506 g/mol. The van der Waals surface area contributed by atoms with Gasteiger partial charge in [0.15, 0.2) is 0 Å². The van der Waals surface area contributed by atoms with Crippen LogP contribution in [0.25, 0.3) is 22.2 Å². The summed E-state index contributed by atoms with van der Waals surface area (Å²) in [6.07, 6.45) is -2.62. The second-order valence-corrected chi connectivity index (χ2v) is 9.05. The monoisotopic (exact) mass is 531 g/mol. The van der Waals surface area contributed by atoms with Gasteiger partial charge >= 0.3 is 6.18 Å². The van der Waals surface area contributed by atoms with E-state index in [0.29, 0.717) is 30.2 Å². The van der Waals surface area contributed by atoms with Crippen molar-refractivity contribution in [2.24, 2.45) is 7.05 Å². The number of likely N-dealkylation sites (N-methyl/N-ethyl adjacent to an activating group) is 2. The molecule has 0 bridgehead atoms. The van der Waals surface area contributed by atoms with Crippen LogP contribution in [0.2, 0.25) is 0 Å². The van der Waals surface area contributed by atoms with E-state index < -0.39 is 28.2 Å². The molecule has 0 saturated carbocycles. The van der Waals surface area contributed by atoms with Crippen molar-refractivity contribution in [1.82, 2.24) is 19.4 Å². The van der Waals surface area contributed by atoms with Crippen LogP contribution in [0.1, 0.15) is 5.56 Å². The van der Waals surface area contributed by atoms with E-state index in [9.17, 15) is 23.3 Å². The van der Waals surface area contributed by atoms with Gasteiger partial charge in [0.25, 0.3) is 5.69 Å². The fourth-order valence-electron chi connectivity index (χ4n) is 4.08. The van der Waals surface area contributed by atoms with Crippen LogP contribution in [0.3, 0.4) is 0 Å². The third kappa shape index (κ3) is 5.37. The predicted molar refractivity (Wildman–Crippen MR) is 137 cm³/mol. The molecule has 0 spiro atoms. The summed E-state index contributed by atoms with van der Waals surface area (Å²) in [6, 6.07) is 8.89. The number of alkyl halides is 3. The fraction of sp³-hybridized carbons (Fsp3) is 0.280. The Balaban J connectivity index is 1.78. The third-order valence-corrected chi connectivity index (χ3v) is 6.05. The molecule has 38 heavy (non-hydrogen) atoms. The molecule has 4 rings (SSSR count). The van der Waals surface area contributed by atoms with Gasteiger partial charge in [-0.2, -0.15) is 13.2 Å². The Kier molecular flexibility index (Phi) is 7.22. The number of anilines is 3. The zero-order chi connectivity index (χ0) is 27.8. The molecule has 0 aliphatic rings. The summed E-state index contributed by atoms with van der Waals surface area (Å²) < 4.78 is 58.4. The Labute approximate surface area is 215 Å². The SMILES string of the molecule is CN(C)CCN(C)c1cc(F)c(Nc2ncc(C(F)(F)F)c(-c3cn(C)c4ccccc34)n2)cc1[N+](=O)[O-]. The zero-order valence-corrected chi connectivity index (χ0v) is 21.0. The number of fused-ring (bicyclic) bond motifs is 1. The van der Waals surface area contributed by atoms with Crippen molar-refractivity contribution in [3.8, 4) is 11.3 Å². The van der Waals surface area contributed by atoms with Gasteiger partial charge in [-0.25, -0.2) is 14.4 Å². The zero-order valence-electron chi connectivity index (χ0n) is 21.0. The topological polar surface area (TPSA) is 92.4 Å². The predicted octanol–water partition coefficient (Wildman–Crippen LogP) is 5.44. The lowest BCUT2D eigenvalue weighted by atomic mass is 10.1. The molecule has 2 aromatic carbocycles. The van der Waals surface area contributed by atoms with E-state index in [1.165, 1.54) is 6.20 Å². The molecule has 0 saturated heterocycles. The van der Waals surface area contributed by atoms with Crippen molar-refractivity contribution in [2.45, 2.75) is 6.18 Å². The van der Waals surface area contributed by atoms with E-state index in [2.05, 4.69) is 15.3 Å². The van der Waals surface area contributed by atoms with Gasteiger partial charge < -0.3 is 19.7 Å². The van der Waals surface area contributed by atoms with E-state index in [-0.39, 0.29) is 28.6 Å². The van der Waals surface area contributed by atoms with Crippen molar-refractivity contribution in [3.05, 3.63) is 70.3 Å². The van der Waals surface area contributed by atoms with Crippen LogP contribution in [-0.4, -0.2) is 58.6 Å². The van der Waals surface area contributed by atoms with Crippen LogP contribution in [0.5, 0.6) is 0 Å². The smallest absolute Gasteiger partial charge is 0.368 e. The number of aromatic nitrogens is 3. The lowest BCUT2D eigenvalue weighted by Crippen LogP contribution is -2.29. The second-order valence-electron chi connectivity index (χ2n) is 9.05. The van der Waals surface area contributed by atoms with Crippen molar-refractivity contribution in [1.29, 1.82) is 0 Å². The Bertz CT molecular complexity index is 1500. The summed E-state index contributed by atoms with van der Waals surface area (Å²) in [7, 11) is 6.98. The van der Waals surface area contributed by atoms with Gasteiger partial charge in [0.05, 0.1) is 16.3 Å². The highest BCUT2D eigenvalue weighted by atomic mass is 19.4. The van der Waals surface area contributed by atoms with Gasteiger partial charge in [0.2, 0.25) is 5.95 Å². The van der Waals surface area contributed by atoms with Crippen molar-refractivity contribution >= 4 is 33.9 Å². The molecule has 2 aromatic heterocycles. The minimum Gasteiger partial charge on any atom is -0.368 e. The van der Waals surface area contributed by atoms with Crippen LogP contribution < -0.4 is 10.2 Å². The number of halogens is 4. The Hall–Kier alpha value is -4.26. The summed E-state index contributed by atoms with van der Waals surface area (Å²) in [4.78, 5) is 22.4. The van der Waals surface area contributed by atoms with Gasteiger partial charge in [-0.3, -0.25) is 10.1 Å². The number of nitrogens with zero attached hydrogens (tertiary/aromatic N) is 6. The lowest BCUT2D eigenvalue weighted by molar-refractivity contribution is -0.384. The van der Waals surface area contributed by atoms with Crippen LogP contribution in [-0.2, 0) is 13.2 Å². The van der Waals surface area contributed by atoms with Crippen LogP contribution in [0.4, 0.5) is 40.6 Å². The molecule has 2 heterocycles. The highest BCUT2D eigenvalue weighted by Crippen LogP contribution is 2.40. The van der Waals surface area contributed by atoms with Gasteiger partial charge in [-0.1, -0.05) is 18.2 Å². The maximum atomic E-state index is 15.1. The lowest BCUT2D eigenvalue weighted by Gasteiger charge is -2.22. The van der Waals surface area contributed by atoms with E-state index in [1.54, 1.807) is 47.8 Å². The molecule has 0 amide bonds. The first-order chi connectivity index (χ1) is 17.9. The number of hydrogen-bond donors (Lipinski definition) is 1. The standard InChI is InChI=1S/C25H25F4N7O2/c1-33(2)9-10-34(3)21-11-18(26)19(12-22(21)36(37)38)31-24-30-13-17(25(27,28)29)23(32-24)16-14-35(4)20-8-6-5-7-15(16)20/h5-8,11-14H,9-10H2,1-4H3,(H,30,31,32). The molecule has 9 nitrogen and oxygen atoms in total. The maximum absolute atomic E-state index is 15.1. The summed E-state index contributed by atoms with van der Waals surface area (Å²) in [5.74, 6) is -1.19. The van der Waals surface area contributed by atoms with Gasteiger partial charge in [-0.15, -0.1) is 0 Å². The summed E-state index contributed by atoms with van der Waals surface area (Å²) >= 11 is 0. The first-order valence-corrected chi connectivity index (χ1v) is 11.5. The number of nitro benzene ring substituents is 1. The normalized spacial score (nSPS) is 11.8. The average Bonchev–Trinajstić information content (AvgIpc) is 3.19. The van der Waals surface area contributed by atoms with Crippen molar-refractivity contribution in [2.75, 3.05) is 44.4 Å². The Morgan fingerprint density at radius 3 is 2.50 bits per heavy atom. The number of nitrogens with one attached hydrogen (secondary N) is 1. The number of nitro groups is 1. The number of rotatable bonds is 8. The minimum absolute atomic E-state index is 0.0599. The molecule has 200 valence electrons. The third-order valence-electron chi connectivity index (χ3n) is 6.05. The fourth-order valence-corrected chi connectivity index (χ4v) is 4.08. The second kappa shape index (κ2) is 10.2. The average molecular weight is 532 g/mol. The maximum Gasteiger partial charge on any atom is 0.419 e. The van der Waals surface area contributed by atoms with Gasteiger partial charge in [-0.05, 0) is 20.2 Å². The van der Waals surface area contributed by atoms with Gasteiger partial charge in [0, 0.05) is 68.2 Å². The number of benzene rings is 2. The Morgan fingerprint density at radius 1 is 1.13 bits per heavy atom. The minimum atomic E-state index is -4.76. The highest BCUT2D eigenvalue weighted by Gasteiger charge is 2.36. The molecule has 0 atom stereocenters. The van der Waals surface area contributed by atoms with E-state index in [0.717, 1.165) is 12.1 Å². The number of aryl methyl sites for hydroxylation is 1. The highest BCUT2D eigenvalue weighted by molar-refractivity contribution is 5.96. The molecule has 0 unspecified atom stereocenters. The van der Waals surface area contributed by atoms with Crippen LogP contribution in [0, 0.1) is 15.9 Å². The molecule has 0 aliphatic heterocycles. The largest absolute Gasteiger partial charge is 0.419 e.